The lowest BCUT2D eigenvalue weighted by molar-refractivity contribution is -0.182. The number of fused-ring (bicyclic) bond motifs is 1. The molecule has 0 radical (unpaired) electrons. The minimum absolute atomic E-state index is 0.00784. The molecule has 1 aliphatic rings. The number of rotatable bonds is 1. The first-order chi connectivity index (χ1) is 9.99. The Morgan fingerprint density at radius 1 is 1.19 bits per heavy atom. The molecular formula is C14H13F3N4. The lowest BCUT2D eigenvalue weighted by atomic mass is 9.81. The lowest BCUT2D eigenvalue weighted by Crippen LogP contribution is -2.27. The van der Waals surface area contributed by atoms with Crippen molar-refractivity contribution in [3.8, 4) is 6.07 Å². The van der Waals surface area contributed by atoms with Crippen LogP contribution in [0.4, 0.5) is 13.2 Å². The Morgan fingerprint density at radius 3 is 2.52 bits per heavy atom. The highest BCUT2D eigenvalue weighted by Crippen LogP contribution is 2.42. The maximum absolute atomic E-state index is 12.7. The van der Waals surface area contributed by atoms with E-state index in [1.807, 2.05) is 6.07 Å². The van der Waals surface area contributed by atoms with Crippen LogP contribution in [0.1, 0.15) is 43.0 Å². The van der Waals surface area contributed by atoms with Crippen molar-refractivity contribution in [3.05, 3.63) is 29.7 Å². The number of alkyl halides is 3. The van der Waals surface area contributed by atoms with Crippen molar-refractivity contribution in [1.82, 2.24) is 14.6 Å². The van der Waals surface area contributed by atoms with Crippen molar-refractivity contribution in [1.29, 1.82) is 5.26 Å². The van der Waals surface area contributed by atoms with Gasteiger partial charge in [-0.15, -0.1) is 10.2 Å². The maximum atomic E-state index is 12.7. The molecule has 0 aliphatic heterocycles. The first kappa shape index (κ1) is 13.9. The van der Waals surface area contributed by atoms with Gasteiger partial charge >= 0.3 is 6.18 Å². The monoisotopic (exact) mass is 294 g/mol. The zero-order valence-electron chi connectivity index (χ0n) is 11.1. The van der Waals surface area contributed by atoms with Crippen molar-refractivity contribution in [2.24, 2.45) is 5.92 Å². The van der Waals surface area contributed by atoms with Gasteiger partial charge in [0.15, 0.2) is 5.65 Å². The first-order valence-corrected chi connectivity index (χ1v) is 6.80. The van der Waals surface area contributed by atoms with Gasteiger partial charge in [0.25, 0.3) is 0 Å². The summed E-state index contributed by atoms with van der Waals surface area (Å²) < 4.78 is 39.8. The van der Waals surface area contributed by atoms with E-state index in [1.165, 1.54) is 0 Å². The van der Waals surface area contributed by atoms with E-state index in [4.69, 9.17) is 5.26 Å². The van der Waals surface area contributed by atoms with Gasteiger partial charge in [0.05, 0.1) is 17.6 Å². The van der Waals surface area contributed by atoms with Crippen molar-refractivity contribution in [2.45, 2.75) is 37.8 Å². The molecule has 0 unspecified atom stereocenters. The van der Waals surface area contributed by atoms with Crippen LogP contribution in [0.15, 0.2) is 18.3 Å². The van der Waals surface area contributed by atoms with E-state index < -0.39 is 12.1 Å². The van der Waals surface area contributed by atoms with Crippen LogP contribution < -0.4 is 0 Å². The summed E-state index contributed by atoms with van der Waals surface area (Å²) in [6.07, 6.45) is -1.19. The summed E-state index contributed by atoms with van der Waals surface area (Å²) in [6.45, 7) is 0. The van der Waals surface area contributed by atoms with E-state index in [0.717, 1.165) is 0 Å². The van der Waals surface area contributed by atoms with Crippen LogP contribution in [-0.2, 0) is 0 Å². The van der Waals surface area contributed by atoms with E-state index in [9.17, 15) is 13.2 Å². The average Bonchev–Trinajstić information content (AvgIpc) is 2.89. The molecule has 7 heteroatoms. The Kier molecular flexibility index (Phi) is 3.32. The van der Waals surface area contributed by atoms with Gasteiger partial charge in [0.1, 0.15) is 5.82 Å². The Hall–Kier alpha value is -2.10. The molecule has 110 valence electrons. The summed E-state index contributed by atoms with van der Waals surface area (Å²) in [7, 11) is 0. The highest BCUT2D eigenvalue weighted by Gasteiger charge is 2.42. The SMILES string of the molecule is N#Cc1ccn2c(C3CCC(C(F)(F)F)CC3)nnc2c1. The van der Waals surface area contributed by atoms with Crippen LogP contribution in [0.5, 0.6) is 0 Å². The molecular weight excluding hydrogens is 281 g/mol. The standard InChI is InChI=1S/C14H13F3N4/c15-14(16,17)11-3-1-10(2-4-11)13-20-19-12-7-9(8-18)5-6-21(12)13/h5-7,10-11H,1-4H2. The second-order valence-corrected chi connectivity index (χ2v) is 5.40. The van der Waals surface area contributed by atoms with Crippen molar-refractivity contribution < 1.29 is 13.2 Å². The van der Waals surface area contributed by atoms with Crippen molar-refractivity contribution in [2.75, 3.05) is 0 Å². The van der Waals surface area contributed by atoms with E-state index in [-0.39, 0.29) is 18.8 Å². The van der Waals surface area contributed by atoms with E-state index >= 15 is 0 Å². The maximum Gasteiger partial charge on any atom is 0.391 e. The number of pyridine rings is 1. The number of hydrogen-bond acceptors (Lipinski definition) is 3. The largest absolute Gasteiger partial charge is 0.391 e. The smallest absolute Gasteiger partial charge is 0.286 e. The van der Waals surface area contributed by atoms with E-state index in [1.54, 1.807) is 22.7 Å². The number of halogens is 3. The minimum Gasteiger partial charge on any atom is -0.286 e. The van der Waals surface area contributed by atoms with Crippen LogP contribution in [0.3, 0.4) is 0 Å². The summed E-state index contributed by atoms with van der Waals surface area (Å²) in [6, 6.07) is 5.30. The molecule has 0 aromatic carbocycles. The Labute approximate surface area is 119 Å². The molecule has 0 N–H and O–H groups in total. The molecule has 2 heterocycles. The van der Waals surface area contributed by atoms with Crippen LogP contribution >= 0.6 is 0 Å². The summed E-state index contributed by atoms with van der Waals surface area (Å²) >= 11 is 0. The van der Waals surface area contributed by atoms with Gasteiger partial charge in [0.2, 0.25) is 0 Å². The van der Waals surface area contributed by atoms with Gasteiger partial charge in [-0.1, -0.05) is 0 Å². The summed E-state index contributed by atoms with van der Waals surface area (Å²) in [5.74, 6) is -0.514. The fourth-order valence-corrected chi connectivity index (χ4v) is 2.94. The molecule has 0 spiro atoms. The molecule has 2 aromatic heterocycles. The Morgan fingerprint density at radius 2 is 1.90 bits per heavy atom. The van der Waals surface area contributed by atoms with Gasteiger partial charge in [-0.25, -0.2) is 0 Å². The molecule has 0 amide bonds. The van der Waals surface area contributed by atoms with Gasteiger partial charge in [-0.3, -0.25) is 4.40 Å². The lowest BCUT2D eigenvalue weighted by Gasteiger charge is -2.28. The number of aromatic nitrogens is 3. The zero-order valence-corrected chi connectivity index (χ0v) is 11.1. The number of hydrogen-bond donors (Lipinski definition) is 0. The molecule has 1 fully saturated rings. The highest BCUT2D eigenvalue weighted by atomic mass is 19.4. The van der Waals surface area contributed by atoms with Gasteiger partial charge < -0.3 is 0 Å². The highest BCUT2D eigenvalue weighted by molar-refractivity contribution is 5.45. The number of nitriles is 1. The third-order valence-corrected chi connectivity index (χ3v) is 4.12. The van der Waals surface area contributed by atoms with Gasteiger partial charge in [0, 0.05) is 18.2 Å². The molecule has 1 aliphatic carbocycles. The predicted molar refractivity (Wildman–Crippen MR) is 68.5 cm³/mol. The summed E-state index contributed by atoms with van der Waals surface area (Å²) in [4.78, 5) is 0. The Balaban J connectivity index is 1.82. The third kappa shape index (κ3) is 2.58. The van der Waals surface area contributed by atoms with Gasteiger partial charge in [-0.2, -0.15) is 18.4 Å². The Bertz CT molecular complexity index is 690. The summed E-state index contributed by atoms with van der Waals surface area (Å²) in [5, 5.41) is 17.0. The van der Waals surface area contributed by atoms with Crippen molar-refractivity contribution in [3.63, 3.8) is 0 Å². The minimum atomic E-state index is -4.10. The predicted octanol–water partition coefficient (Wildman–Crippen LogP) is 3.44. The molecule has 0 saturated heterocycles. The molecule has 4 nitrogen and oxygen atoms in total. The molecule has 0 bridgehead atoms. The average molecular weight is 294 g/mol. The number of nitrogens with zero attached hydrogens (tertiary/aromatic N) is 4. The molecule has 21 heavy (non-hydrogen) atoms. The fraction of sp³-hybridized carbons (Fsp3) is 0.500. The fourth-order valence-electron chi connectivity index (χ4n) is 2.94. The third-order valence-electron chi connectivity index (χ3n) is 4.12. The van der Waals surface area contributed by atoms with E-state index in [2.05, 4.69) is 10.2 Å². The van der Waals surface area contributed by atoms with Crippen LogP contribution in [-0.4, -0.2) is 20.8 Å². The molecule has 1 saturated carbocycles. The summed E-state index contributed by atoms with van der Waals surface area (Å²) in [5.41, 5.74) is 1.05. The van der Waals surface area contributed by atoms with Crippen LogP contribution in [0.2, 0.25) is 0 Å². The van der Waals surface area contributed by atoms with Crippen LogP contribution in [0.25, 0.3) is 5.65 Å². The molecule has 3 rings (SSSR count). The normalized spacial score (nSPS) is 23.1. The molecule has 0 atom stereocenters. The van der Waals surface area contributed by atoms with E-state index in [0.29, 0.717) is 29.9 Å². The van der Waals surface area contributed by atoms with Gasteiger partial charge in [-0.05, 0) is 31.7 Å². The van der Waals surface area contributed by atoms with Crippen LogP contribution in [0, 0.1) is 17.2 Å². The topological polar surface area (TPSA) is 54.0 Å². The first-order valence-electron chi connectivity index (χ1n) is 6.80. The zero-order chi connectivity index (χ0) is 15.0. The molecule has 2 aromatic rings. The second kappa shape index (κ2) is 5.02. The second-order valence-electron chi connectivity index (χ2n) is 5.40. The quantitative estimate of drug-likeness (QED) is 0.809. The van der Waals surface area contributed by atoms with Crippen molar-refractivity contribution >= 4 is 5.65 Å².